The van der Waals surface area contributed by atoms with Crippen molar-refractivity contribution in [1.82, 2.24) is 5.32 Å². The second kappa shape index (κ2) is 6.55. The molecule has 0 aliphatic rings. The molecular weight excluding hydrogens is 265 g/mol. The molecule has 0 bridgehead atoms. The van der Waals surface area contributed by atoms with Crippen LogP contribution >= 0.6 is 11.6 Å². The molecule has 0 heterocycles. The van der Waals surface area contributed by atoms with E-state index in [1.54, 1.807) is 30.3 Å². The maximum Gasteiger partial charge on any atom is 0.166 e. The number of rotatable bonds is 5. The monoisotopic (exact) mass is 279 g/mol. The van der Waals surface area contributed by atoms with Crippen molar-refractivity contribution in [3.8, 4) is 11.5 Å². The maximum absolute atomic E-state index is 13.9. The van der Waals surface area contributed by atoms with Crippen LogP contribution in [-0.4, -0.2) is 6.54 Å². The third-order valence-electron chi connectivity index (χ3n) is 2.60. The fourth-order valence-corrected chi connectivity index (χ4v) is 1.84. The molecule has 0 aromatic heterocycles. The van der Waals surface area contributed by atoms with Crippen molar-refractivity contribution in [1.29, 1.82) is 0 Å². The normalized spacial score (nSPS) is 10.5. The fraction of sp³-hybridized carbons (Fsp3) is 0.200. The van der Waals surface area contributed by atoms with Crippen LogP contribution in [0.1, 0.15) is 12.5 Å². The number of hydrogen-bond donors (Lipinski definition) is 1. The maximum atomic E-state index is 13.9. The summed E-state index contributed by atoms with van der Waals surface area (Å²) < 4.78 is 19.3. The van der Waals surface area contributed by atoms with Gasteiger partial charge in [0.15, 0.2) is 11.6 Å². The molecule has 0 radical (unpaired) electrons. The van der Waals surface area contributed by atoms with Gasteiger partial charge in [0, 0.05) is 11.6 Å². The summed E-state index contributed by atoms with van der Waals surface area (Å²) in [5.41, 5.74) is 0.887. The molecule has 0 unspecified atom stereocenters. The zero-order valence-corrected chi connectivity index (χ0v) is 11.4. The van der Waals surface area contributed by atoms with Crippen LogP contribution in [0, 0.1) is 5.82 Å². The molecule has 2 aromatic carbocycles. The number of halogens is 2. The highest BCUT2D eigenvalue weighted by Gasteiger charge is 2.06. The highest BCUT2D eigenvalue weighted by atomic mass is 35.5. The summed E-state index contributed by atoms with van der Waals surface area (Å²) in [6, 6.07) is 11.8. The summed E-state index contributed by atoms with van der Waals surface area (Å²) >= 11 is 5.85. The molecule has 2 nitrogen and oxygen atoms in total. The summed E-state index contributed by atoms with van der Waals surface area (Å²) in [5.74, 6) is 0.337. The first-order valence-electron chi connectivity index (χ1n) is 6.11. The van der Waals surface area contributed by atoms with Crippen molar-refractivity contribution in [3.05, 3.63) is 58.9 Å². The average molecular weight is 280 g/mol. The van der Waals surface area contributed by atoms with E-state index in [1.165, 1.54) is 6.07 Å². The number of ether oxygens (including phenoxy) is 1. The second-order valence-corrected chi connectivity index (χ2v) is 4.54. The molecule has 2 aromatic rings. The molecule has 0 atom stereocenters. The predicted octanol–water partition coefficient (Wildman–Crippen LogP) is 4.38. The van der Waals surface area contributed by atoms with E-state index in [1.807, 2.05) is 13.0 Å². The zero-order valence-electron chi connectivity index (χ0n) is 10.6. The molecular formula is C15H15ClFNO. The van der Waals surface area contributed by atoms with Crippen LogP contribution < -0.4 is 10.1 Å². The number of benzene rings is 2. The Hall–Kier alpha value is -1.58. The van der Waals surface area contributed by atoms with Gasteiger partial charge < -0.3 is 10.1 Å². The van der Waals surface area contributed by atoms with Gasteiger partial charge in [-0.2, -0.15) is 0 Å². The quantitative estimate of drug-likeness (QED) is 0.877. The van der Waals surface area contributed by atoms with Crippen LogP contribution in [0.2, 0.25) is 5.02 Å². The Kier molecular flexibility index (Phi) is 4.77. The van der Waals surface area contributed by atoms with E-state index in [2.05, 4.69) is 5.32 Å². The van der Waals surface area contributed by atoms with Crippen LogP contribution in [0.15, 0.2) is 42.5 Å². The Balaban J connectivity index is 2.13. The Labute approximate surface area is 117 Å². The molecule has 0 spiro atoms. The Morgan fingerprint density at radius 2 is 2.05 bits per heavy atom. The van der Waals surface area contributed by atoms with Gasteiger partial charge in [0.05, 0.1) is 0 Å². The Morgan fingerprint density at radius 3 is 2.74 bits per heavy atom. The first-order valence-corrected chi connectivity index (χ1v) is 6.49. The molecule has 100 valence electrons. The first-order chi connectivity index (χ1) is 9.19. The van der Waals surface area contributed by atoms with Gasteiger partial charge in [-0.15, -0.1) is 0 Å². The van der Waals surface area contributed by atoms with Gasteiger partial charge >= 0.3 is 0 Å². The first kappa shape index (κ1) is 13.8. The van der Waals surface area contributed by atoms with E-state index in [0.717, 1.165) is 12.1 Å². The standard InChI is InChI=1S/C15H15ClFNO/c1-2-18-10-11-6-7-15(14(17)8-11)19-13-5-3-4-12(16)9-13/h3-9,18H,2,10H2,1H3. The largest absolute Gasteiger partial charge is 0.454 e. The summed E-state index contributed by atoms with van der Waals surface area (Å²) in [6.07, 6.45) is 0. The van der Waals surface area contributed by atoms with E-state index in [9.17, 15) is 4.39 Å². The van der Waals surface area contributed by atoms with Crippen molar-refractivity contribution >= 4 is 11.6 Å². The topological polar surface area (TPSA) is 21.3 Å². The SMILES string of the molecule is CCNCc1ccc(Oc2cccc(Cl)c2)c(F)c1. The minimum atomic E-state index is -0.379. The van der Waals surface area contributed by atoms with Crippen LogP contribution in [0.25, 0.3) is 0 Å². The minimum absolute atomic E-state index is 0.197. The Bertz CT molecular complexity index is 560. The molecule has 1 N–H and O–H groups in total. The van der Waals surface area contributed by atoms with Gasteiger partial charge in [-0.3, -0.25) is 0 Å². The predicted molar refractivity (Wildman–Crippen MR) is 75.3 cm³/mol. The van der Waals surface area contributed by atoms with Crippen LogP contribution in [-0.2, 0) is 6.54 Å². The van der Waals surface area contributed by atoms with Crippen LogP contribution in [0.4, 0.5) is 4.39 Å². The molecule has 0 amide bonds. The van der Waals surface area contributed by atoms with Crippen molar-refractivity contribution in [2.45, 2.75) is 13.5 Å². The summed E-state index contributed by atoms with van der Waals surface area (Å²) in [7, 11) is 0. The molecule has 0 aliphatic heterocycles. The van der Waals surface area contributed by atoms with Gasteiger partial charge in [0.2, 0.25) is 0 Å². The smallest absolute Gasteiger partial charge is 0.166 e. The number of nitrogens with one attached hydrogen (secondary N) is 1. The zero-order chi connectivity index (χ0) is 13.7. The van der Waals surface area contributed by atoms with Crippen molar-refractivity contribution in [2.75, 3.05) is 6.54 Å². The molecule has 4 heteroatoms. The van der Waals surface area contributed by atoms with E-state index in [4.69, 9.17) is 16.3 Å². The third kappa shape index (κ3) is 3.94. The van der Waals surface area contributed by atoms with Gasteiger partial charge in [0.25, 0.3) is 0 Å². The van der Waals surface area contributed by atoms with Crippen molar-refractivity contribution in [3.63, 3.8) is 0 Å². The average Bonchev–Trinajstić information content (AvgIpc) is 2.39. The van der Waals surface area contributed by atoms with Crippen molar-refractivity contribution in [2.24, 2.45) is 0 Å². The molecule has 0 aliphatic carbocycles. The summed E-state index contributed by atoms with van der Waals surface area (Å²) in [5, 5.41) is 3.70. The van der Waals surface area contributed by atoms with Crippen LogP contribution in [0.5, 0.6) is 11.5 Å². The lowest BCUT2D eigenvalue weighted by Gasteiger charge is -2.09. The lowest BCUT2D eigenvalue weighted by Crippen LogP contribution is -2.11. The van der Waals surface area contributed by atoms with E-state index < -0.39 is 0 Å². The van der Waals surface area contributed by atoms with Gasteiger partial charge in [0.1, 0.15) is 5.75 Å². The van der Waals surface area contributed by atoms with Crippen LogP contribution in [0.3, 0.4) is 0 Å². The van der Waals surface area contributed by atoms with E-state index in [-0.39, 0.29) is 11.6 Å². The summed E-state index contributed by atoms with van der Waals surface area (Å²) in [4.78, 5) is 0. The molecule has 2 rings (SSSR count). The molecule has 0 saturated carbocycles. The van der Waals surface area contributed by atoms with Gasteiger partial charge in [-0.25, -0.2) is 4.39 Å². The number of hydrogen-bond acceptors (Lipinski definition) is 2. The van der Waals surface area contributed by atoms with E-state index >= 15 is 0 Å². The van der Waals surface area contributed by atoms with E-state index in [0.29, 0.717) is 17.3 Å². The highest BCUT2D eigenvalue weighted by molar-refractivity contribution is 6.30. The highest BCUT2D eigenvalue weighted by Crippen LogP contribution is 2.26. The lowest BCUT2D eigenvalue weighted by molar-refractivity contribution is 0.441. The third-order valence-corrected chi connectivity index (χ3v) is 2.83. The van der Waals surface area contributed by atoms with Crippen molar-refractivity contribution < 1.29 is 9.13 Å². The van der Waals surface area contributed by atoms with Gasteiger partial charge in [-0.05, 0) is 42.4 Å². The lowest BCUT2D eigenvalue weighted by atomic mass is 10.2. The minimum Gasteiger partial charge on any atom is -0.454 e. The Morgan fingerprint density at radius 1 is 1.21 bits per heavy atom. The van der Waals surface area contributed by atoms with Gasteiger partial charge in [-0.1, -0.05) is 30.7 Å². The fourth-order valence-electron chi connectivity index (χ4n) is 1.66. The molecule has 19 heavy (non-hydrogen) atoms. The molecule has 0 fully saturated rings. The molecule has 0 saturated heterocycles. The summed E-state index contributed by atoms with van der Waals surface area (Å²) in [6.45, 7) is 3.50. The second-order valence-electron chi connectivity index (χ2n) is 4.10.